The molecule has 0 saturated carbocycles. The molecule has 7 nitrogen and oxygen atoms in total. The summed E-state index contributed by atoms with van der Waals surface area (Å²) in [5.41, 5.74) is 8.50. The molecule has 0 spiro atoms. The van der Waals surface area contributed by atoms with Gasteiger partial charge in [0.2, 0.25) is 5.91 Å². The van der Waals surface area contributed by atoms with E-state index in [9.17, 15) is 9.59 Å². The number of pyridine rings is 1. The molecule has 33 heavy (non-hydrogen) atoms. The lowest BCUT2D eigenvalue weighted by Gasteiger charge is -2.14. The number of hydrogen-bond acceptors (Lipinski definition) is 4. The van der Waals surface area contributed by atoms with Crippen molar-refractivity contribution in [2.24, 2.45) is 5.73 Å². The van der Waals surface area contributed by atoms with E-state index in [2.05, 4.69) is 15.4 Å². The van der Waals surface area contributed by atoms with Crippen LogP contribution in [0.25, 0.3) is 16.9 Å². The molecule has 4 aromatic rings. The highest BCUT2D eigenvalue weighted by Gasteiger charge is 2.23. The molecule has 2 aromatic carbocycles. The standard InChI is InChI=1S/C24H19Cl2N5O2/c25-18-9-8-17(12-19(18)26)31-22(16-7-4-10-28-14-16)13-21(30-31)24(33)29-20(23(27)32)11-15-5-2-1-3-6-15/h1-10,12-14,20H,11H2,(H2,27,32)(H,29,33)/t20-/m0/s1. The molecule has 166 valence electrons. The van der Waals surface area contributed by atoms with E-state index in [0.29, 0.717) is 21.4 Å². The molecule has 0 aliphatic heterocycles. The molecule has 0 saturated heterocycles. The highest BCUT2D eigenvalue weighted by atomic mass is 35.5. The molecule has 3 N–H and O–H groups in total. The second kappa shape index (κ2) is 9.85. The highest BCUT2D eigenvalue weighted by molar-refractivity contribution is 6.42. The van der Waals surface area contributed by atoms with E-state index >= 15 is 0 Å². The van der Waals surface area contributed by atoms with Crippen molar-refractivity contribution in [3.05, 3.63) is 100 Å². The van der Waals surface area contributed by atoms with Crippen LogP contribution in [0.4, 0.5) is 0 Å². The van der Waals surface area contributed by atoms with Gasteiger partial charge in [0.1, 0.15) is 6.04 Å². The van der Waals surface area contributed by atoms with E-state index in [1.54, 1.807) is 47.4 Å². The molecule has 0 fully saturated rings. The van der Waals surface area contributed by atoms with Gasteiger partial charge in [0.15, 0.2) is 5.69 Å². The predicted molar refractivity (Wildman–Crippen MR) is 127 cm³/mol. The summed E-state index contributed by atoms with van der Waals surface area (Å²) in [4.78, 5) is 29.2. The summed E-state index contributed by atoms with van der Waals surface area (Å²) in [6.45, 7) is 0. The predicted octanol–water partition coefficient (Wildman–Crippen LogP) is 4.07. The quantitative estimate of drug-likeness (QED) is 0.416. The first-order valence-electron chi connectivity index (χ1n) is 10.0. The van der Waals surface area contributed by atoms with Crippen LogP contribution in [-0.4, -0.2) is 32.6 Å². The number of rotatable bonds is 7. The van der Waals surface area contributed by atoms with E-state index in [0.717, 1.165) is 11.1 Å². The summed E-state index contributed by atoms with van der Waals surface area (Å²) in [6, 6.07) is 18.7. The summed E-state index contributed by atoms with van der Waals surface area (Å²) < 4.78 is 1.57. The van der Waals surface area contributed by atoms with E-state index in [-0.39, 0.29) is 12.1 Å². The summed E-state index contributed by atoms with van der Waals surface area (Å²) in [7, 11) is 0. The van der Waals surface area contributed by atoms with E-state index < -0.39 is 17.9 Å². The Labute approximate surface area is 200 Å². The van der Waals surface area contributed by atoms with Gasteiger partial charge in [0.05, 0.1) is 21.4 Å². The number of nitrogens with one attached hydrogen (secondary N) is 1. The van der Waals surface area contributed by atoms with E-state index in [1.165, 1.54) is 0 Å². The average molecular weight is 480 g/mol. The van der Waals surface area contributed by atoms with Crippen LogP contribution in [0.3, 0.4) is 0 Å². The molecule has 9 heteroatoms. The molecule has 1 atom stereocenters. The molecule has 0 aliphatic carbocycles. The largest absolute Gasteiger partial charge is 0.368 e. The minimum atomic E-state index is -0.892. The zero-order valence-corrected chi connectivity index (χ0v) is 18.8. The lowest BCUT2D eigenvalue weighted by molar-refractivity contribution is -0.119. The monoisotopic (exact) mass is 479 g/mol. The maximum atomic E-state index is 13.0. The Hall–Kier alpha value is -3.68. The number of carbonyl (C=O) groups excluding carboxylic acids is 2. The number of halogens is 2. The Kier molecular flexibility index (Phi) is 6.72. The fourth-order valence-corrected chi connectivity index (χ4v) is 3.62. The molecular formula is C24H19Cl2N5O2. The molecule has 2 aromatic heterocycles. The zero-order valence-electron chi connectivity index (χ0n) is 17.3. The Bertz CT molecular complexity index is 1290. The molecule has 0 unspecified atom stereocenters. The molecule has 0 bridgehead atoms. The van der Waals surface area contributed by atoms with Gasteiger partial charge in [-0.1, -0.05) is 53.5 Å². The lowest BCUT2D eigenvalue weighted by Crippen LogP contribution is -2.46. The molecule has 2 amide bonds. The van der Waals surface area contributed by atoms with Gasteiger partial charge >= 0.3 is 0 Å². The van der Waals surface area contributed by atoms with Crippen LogP contribution in [0.2, 0.25) is 10.0 Å². The normalized spacial score (nSPS) is 11.7. The third-order valence-corrected chi connectivity index (χ3v) is 5.72. The van der Waals surface area contributed by atoms with Gasteiger partial charge in [-0.05, 0) is 42.0 Å². The smallest absolute Gasteiger partial charge is 0.272 e. The van der Waals surface area contributed by atoms with Crippen molar-refractivity contribution in [2.45, 2.75) is 12.5 Å². The van der Waals surface area contributed by atoms with Crippen molar-refractivity contribution in [3.63, 3.8) is 0 Å². The lowest BCUT2D eigenvalue weighted by atomic mass is 10.1. The fourth-order valence-electron chi connectivity index (χ4n) is 3.33. The third kappa shape index (κ3) is 5.22. The SMILES string of the molecule is NC(=O)[C@H](Cc1ccccc1)NC(=O)c1cc(-c2cccnc2)n(-c2ccc(Cl)c(Cl)c2)n1. The number of nitrogens with two attached hydrogens (primary N) is 1. The maximum absolute atomic E-state index is 13.0. The second-order valence-corrected chi connectivity index (χ2v) is 8.10. The van der Waals surface area contributed by atoms with E-state index in [1.807, 2.05) is 36.4 Å². The van der Waals surface area contributed by atoms with Gasteiger partial charge in [0.25, 0.3) is 5.91 Å². The van der Waals surface area contributed by atoms with Crippen LogP contribution < -0.4 is 11.1 Å². The minimum Gasteiger partial charge on any atom is -0.368 e. The molecule has 0 aliphatic rings. The van der Waals surface area contributed by atoms with Crippen molar-refractivity contribution in [2.75, 3.05) is 0 Å². The van der Waals surface area contributed by atoms with E-state index in [4.69, 9.17) is 28.9 Å². The second-order valence-electron chi connectivity index (χ2n) is 7.28. The van der Waals surface area contributed by atoms with Crippen LogP contribution in [0.5, 0.6) is 0 Å². The van der Waals surface area contributed by atoms with Crippen LogP contribution in [-0.2, 0) is 11.2 Å². The zero-order chi connectivity index (χ0) is 23.4. The Morgan fingerprint density at radius 3 is 2.45 bits per heavy atom. The van der Waals surface area contributed by atoms with Crippen LogP contribution >= 0.6 is 23.2 Å². The maximum Gasteiger partial charge on any atom is 0.272 e. The molecule has 2 heterocycles. The topological polar surface area (TPSA) is 103 Å². The number of nitrogens with zero attached hydrogens (tertiary/aromatic N) is 3. The first-order chi connectivity index (χ1) is 15.9. The van der Waals surface area contributed by atoms with Crippen molar-refractivity contribution >= 4 is 35.0 Å². The summed E-state index contributed by atoms with van der Waals surface area (Å²) in [6.07, 6.45) is 3.58. The number of hydrogen-bond donors (Lipinski definition) is 2. The number of aromatic nitrogens is 3. The molecule has 4 rings (SSSR count). The number of primary amides is 1. The van der Waals surface area contributed by atoms with Gasteiger partial charge in [-0.15, -0.1) is 0 Å². The Morgan fingerprint density at radius 2 is 1.79 bits per heavy atom. The van der Waals surface area contributed by atoms with Crippen molar-refractivity contribution < 1.29 is 9.59 Å². The van der Waals surface area contributed by atoms with Crippen molar-refractivity contribution in [1.82, 2.24) is 20.1 Å². The van der Waals surface area contributed by atoms with Gasteiger partial charge in [0, 0.05) is 24.4 Å². The summed E-state index contributed by atoms with van der Waals surface area (Å²) in [5, 5.41) is 7.92. The van der Waals surface area contributed by atoms with Crippen LogP contribution in [0.1, 0.15) is 16.1 Å². The molecular weight excluding hydrogens is 461 g/mol. The summed E-state index contributed by atoms with van der Waals surface area (Å²) >= 11 is 12.3. The first-order valence-corrected chi connectivity index (χ1v) is 10.8. The van der Waals surface area contributed by atoms with Gasteiger partial charge in [-0.2, -0.15) is 5.10 Å². The van der Waals surface area contributed by atoms with Crippen molar-refractivity contribution in [1.29, 1.82) is 0 Å². The van der Waals surface area contributed by atoms with Gasteiger partial charge < -0.3 is 11.1 Å². The molecule has 0 radical (unpaired) electrons. The fraction of sp³-hybridized carbons (Fsp3) is 0.0833. The van der Waals surface area contributed by atoms with Gasteiger partial charge in [-0.3, -0.25) is 14.6 Å². The van der Waals surface area contributed by atoms with Crippen molar-refractivity contribution in [3.8, 4) is 16.9 Å². The summed E-state index contributed by atoms with van der Waals surface area (Å²) in [5.74, 6) is -1.16. The Morgan fingerprint density at radius 1 is 1.00 bits per heavy atom. The van der Waals surface area contributed by atoms with Gasteiger partial charge in [-0.25, -0.2) is 4.68 Å². The Balaban J connectivity index is 1.68. The number of carbonyl (C=O) groups is 2. The third-order valence-electron chi connectivity index (χ3n) is 4.98. The highest BCUT2D eigenvalue weighted by Crippen LogP contribution is 2.28. The minimum absolute atomic E-state index is 0.110. The number of amides is 2. The number of benzene rings is 2. The van der Waals surface area contributed by atoms with Crippen LogP contribution in [0, 0.1) is 0 Å². The average Bonchev–Trinajstić information content (AvgIpc) is 3.27. The van der Waals surface area contributed by atoms with Crippen LogP contribution in [0.15, 0.2) is 79.1 Å². The first kappa shape index (κ1) is 22.5.